The van der Waals surface area contributed by atoms with E-state index in [1.54, 1.807) is 0 Å². The van der Waals surface area contributed by atoms with Gasteiger partial charge in [0.1, 0.15) is 5.78 Å². The van der Waals surface area contributed by atoms with Gasteiger partial charge in [-0.15, -0.1) is 11.3 Å². The summed E-state index contributed by atoms with van der Waals surface area (Å²) in [6.07, 6.45) is 0.0407. The van der Waals surface area contributed by atoms with E-state index >= 15 is 0 Å². The Kier molecular flexibility index (Phi) is 3.58. The third-order valence-electron chi connectivity index (χ3n) is 2.09. The minimum Gasteiger partial charge on any atom is -0.299 e. The molecule has 0 saturated carbocycles. The molecule has 0 spiro atoms. The molecule has 1 heterocycles. The molecular formula is C11H14O2S. The van der Waals surface area contributed by atoms with Crippen LogP contribution in [0.25, 0.3) is 0 Å². The number of thiophene rings is 1. The molecule has 0 bridgehead atoms. The summed E-state index contributed by atoms with van der Waals surface area (Å²) in [6, 6.07) is 1.90. The van der Waals surface area contributed by atoms with Crippen LogP contribution in [0.4, 0.5) is 0 Å². The van der Waals surface area contributed by atoms with Gasteiger partial charge in [-0.05, 0) is 23.9 Å². The Morgan fingerprint density at radius 3 is 2.50 bits per heavy atom. The summed E-state index contributed by atoms with van der Waals surface area (Å²) in [5.74, 6) is -0.0850. The lowest BCUT2D eigenvalue weighted by Crippen LogP contribution is -2.13. The molecule has 0 fully saturated rings. The van der Waals surface area contributed by atoms with Crippen molar-refractivity contribution in [1.29, 1.82) is 0 Å². The van der Waals surface area contributed by atoms with Crippen LogP contribution < -0.4 is 0 Å². The average molecular weight is 210 g/mol. The van der Waals surface area contributed by atoms with E-state index in [4.69, 9.17) is 0 Å². The van der Waals surface area contributed by atoms with Gasteiger partial charge < -0.3 is 0 Å². The number of carbonyl (C=O) groups excluding carboxylic acids is 2. The first-order chi connectivity index (χ1) is 6.52. The summed E-state index contributed by atoms with van der Waals surface area (Å²) in [4.78, 5) is 23.7. The first-order valence-electron chi connectivity index (χ1n) is 4.62. The SMILES string of the molecule is Cc1ccsc1C(=O)CC(=O)C(C)C. The topological polar surface area (TPSA) is 34.1 Å². The second-order valence-corrected chi connectivity index (χ2v) is 4.57. The fourth-order valence-corrected chi connectivity index (χ4v) is 1.97. The van der Waals surface area contributed by atoms with Crippen LogP contribution in [0.2, 0.25) is 0 Å². The highest BCUT2D eigenvalue weighted by Gasteiger charge is 2.16. The van der Waals surface area contributed by atoms with Crippen molar-refractivity contribution in [2.45, 2.75) is 27.2 Å². The van der Waals surface area contributed by atoms with Crippen molar-refractivity contribution in [2.24, 2.45) is 5.92 Å². The van der Waals surface area contributed by atoms with Crippen LogP contribution in [-0.4, -0.2) is 11.6 Å². The Morgan fingerprint density at radius 2 is 2.07 bits per heavy atom. The van der Waals surface area contributed by atoms with Crippen LogP contribution in [0.1, 0.15) is 35.5 Å². The first kappa shape index (κ1) is 11.1. The van der Waals surface area contributed by atoms with Crippen molar-refractivity contribution in [2.75, 3.05) is 0 Å². The predicted octanol–water partition coefficient (Wildman–Crippen LogP) is 2.85. The van der Waals surface area contributed by atoms with Crippen LogP contribution in [-0.2, 0) is 4.79 Å². The lowest BCUT2D eigenvalue weighted by atomic mass is 10.0. The molecule has 2 nitrogen and oxygen atoms in total. The molecule has 76 valence electrons. The van der Waals surface area contributed by atoms with Crippen molar-refractivity contribution >= 4 is 22.9 Å². The third kappa shape index (κ3) is 2.51. The molecule has 0 unspecified atom stereocenters. The van der Waals surface area contributed by atoms with E-state index in [9.17, 15) is 9.59 Å². The summed E-state index contributed by atoms with van der Waals surface area (Å²) in [6.45, 7) is 5.53. The maximum atomic E-state index is 11.6. The Labute approximate surface area is 87.9 Å². The molecule has 14 heavy (non-hydrogen) atoms. The van der Waals surface area contributed by atoms with Crippen LogP contribution in [0.5, 0.6) is 0 Å². The normalized spacial score (nSPS) is 10.6. The number of Topliss-reactive ketones (excluding diaryl/α,β-unsaturated/α-hetero) is 2. The van der Waals surface area contributed by atoms with Crippen molar-refractivity contribution in [3.63, 3.8) is 0 Å². The van der Waals surface area contributed by atoms with Gasteiger partial charge in [0.05, 0.1) is 11.3 Å². The van der Waals surface area contributed by atoms with E-state index in [2.05, 4.69) is 0 Å². The van der Waals surface area contributed by atoms with E-state index in [1.807, 2.05) is 32.2 Å². The van der Waals surface area contributed by atoms with Gasteiger partial charge in [0, 0.05) is 5.92 Å². The Balaban J connectivity index is 2.69. The van der Waals surface area contributed by atoms with E-state index in [0.29, 0.717) is 0 Å². The maximum Gasteiger partial charge on any atom is 0.180 e. The molecule has 0 amide bonds. The summed E-state index contributed by atoms with van der Waals surface area (Å²) in [7, 11) is 0. The second-order valence-electron chi connectivity index (χ2n) is 3.65. The molecule has 1 rings (SSSR count). The minimum atomic E-state index is -0.0563. The summed E-state index contributed by atoms with van der Waals surface area (Å²) in [5, 5.41) is 1.88. The predicted molar refractivity (Wildman–Crippen MR) is 57.8 cm³/mol. The van der Waals surface area contributed by atoms with Gasteiger partial charge in [-0.25, -0.2) is 0 Å². The lowest BCUT2D eigenvalue weighted by Gasteiger charge is -2.02. The maximum absolute atomic E-state index is 11.6. The zero-order valence-electron chi connectivity index (χ0n) is 8.66. The van der Waals surface area contributed by atoms with Crippen molar-refractivity contribution in [3.8, 4) is 0 Å². The highest BCUT2D eigenvalue weighted by atomic mass is 32.1. The number of carbonyl (C=O) groups is 2. The Hall–Kier alpha value is -0.960. The van der Waals surface area contributed by atoms with Gasteiger partial charge >= 0.3 is 0 Å². The van der Waals surface area contributed by atoms with Crippen LogP contribution in [0.15, 0.2) is 11.4 Å². The van der Waals surface area contributed by atoms with Crippen LogP contribution >= 0.6 is 11.3 Å². The fourth-order valence-electron chi connectivity index (χ4n) is 1.10. The molecule has 0 saturated heterocycles. The van der Waals surface area contributed by atoms with E-state index in [0.717, 1.165) is 10.4 Å². The van der Waals surface area contributed by atoms with Crippen LogP contribution in [0, 0.1) is 12.8 Å². The summed E-state index contributed by atoms with van der Waals surface area (Å²) < 4.78 is 0. The van der Waals surface area contributed by atoms with Crippen molar-refractivity contribution in [3.05, 3.63) is 21.9 Å². The van der Waals surface area contributed by atoms with Gasteiger partial charge in [-0.3, -0.25) is 9.59 Å². The average Bonchev–Trinajstić information content (AvgIpc) is 2.51. The van der Waals surface area contributed by atoms with Gasteiger partial charge in [-0.2, -0.15) is 0 Å². The molecule has 1 aromatic rings. The monoisotopic (exact) mass is 210 g/mol. The number of rotatable bonds is 4. The highest BCUT2D eigenvalue weighted by Crippen LogP contribution is 2.18. The fraction of sp³-hybridized carbons (Fsp3) is 0.455. The van der Waals surface area contributed by atoms with Gasteiger partial charge in [0.25, 0.3) is 0 Å². The third-order valence-corrected chi connectivity index (χ3v) is 3.15. The standard InChI is InChI=1S/C11H14O2S/c1-7(2)9(12)6-10(13)11-8(3)4-5-14-11/h4-5,7H,6H2,1-3H3. The zero-order chi connectivity index (χ0) is 10.7. The van der Waals surface area contributed by atoms with Crippen molar-refractivity contribution in [1.82, 2.24) is 0 Å². The zero-order valence-corrected chi connectivity index (χ0v) is 9.48. The molecule has 0 radical (unpaired) electrons. The second kappa shape index (κ2) is 4.51. The number of hydrogen-bond donors (Lipinski definition) is 0. The largest absolute Gasteiger partial charge is 0.299 e. The first-order valence-corrected chi connectivity index (χ1v) is 5.50. The van der Waals surface area contributed by atoms with Crippen LogP contribution in [0.3, 0.4) is 0 Å². The summed E-state index contributed by atoms with van der Waals surface area (Å²) >= 11 is 1.41. The minimum absolute atomic E-state index is 0.0165. The quantitative estimate of drug-likeness (QED) is 0.565. The Morgan fingerprint density at radius 1 is 1.43 bits per heavy atom. The highest BCUT2D eigenvalue weighted by molar-refractivity contribution is 7.12. The molecule has 3 heteroatoms. The molecular weight excluding hydrogens is 196 g/mol. The van der Waals surface area contributed by atoms with E-state index < -0.39 is 0 Å². The van der Waals surface area contributed by atoms with E-state index in [1.165, 1.54) is 11.3 Å². The molecule has 1 aromatic heterocycles. The van der Waals surface area contributed by atoms with Gasteiger partial charge in [-0.1, -0.05) is 13.8 Å². The molecule has 0 aliphatic rings. The molecule has 0 aliphatic heterocycles. The lowest BCUT2D eigenvalue weighted by molar-refractivity contribution is -0.121. The molecule has 0 aromatic carbocycles. The van der Waals surface area contributed by atoms with Gasteiger partial charge in [0.15, 0.2) is 5.78 Å². The summed E-state index contributed by atoms with van der Waals surface area (Å²) in [5.41, 5.74) is 0.969. The Bertz CT molecular complexity index is 350. The smallest absolute Gasteiger partial charge is 0.180 e. The number of hydrogen-bond acceptors (Lipinski definition) is 3. The van der Waals surface area contributed by atoms with E-state index in [-0.39, 0.29) is 23.9 Å². The molecule has 0 N–H and O–H groups in total. The van der Waals surface area contributed by atoms with Crippen molar-refractivity contribution < 1.29 is 9.59 Å². The van der Waals surface area contributed by atoms with Gasteiger partial charge in [0.2, 0.25) is 0 Å². The number of aryl methyl sites for hydroxylation is 1. The molecule has 0 aliphatic carbocycles. The number of ketones is 2. The molecule has 0 atom stereocenters.